The average Bonchev–Trinajstić information content (AvgIpc) is 3.25. The van der Waals surface area contributed by atoms with Crippen molar-refractivity contribution in [3.63, 3.8) is 0 Å². The fraction of sp³-hybridized carbons (Fsp3) is 0.333. The number of carbonyl (C=O) groups excluding carboxylic acids is 2. The summed E-state index contributed by atoms with van der Waals surface area (Å²) in [5, 5.41) is 16.8. The SMILES string of the molecule is CC(C)C[C@H](NC(=O)c1cc2ccccc2s1)C(=O)NC[C@@H](O)CNS(=O)(=O)c1ccc(Cl)cc1Cl. The molecule has 2 atom stereocenters. The van der Waals surface area contributed by atoms with Crippen LogP contribution in [0.25, 0.3) is 10.1 Å². The van der Waals surface area contributed by atoms with Gasteiger partial charge in [-0.2, -0.15) is 0 Å². The standard InChI is InChI=1S/C24H27Cl2N3O5S2/c1-14(2)9-19(29-24(32)21-10-15-5-3-4-6-20(15)35-21)23(31)27-12-17(30)13-28-36(33,34)22-8-7-16(25)11-18(22)26/h3-8,10-11,14,17,19,28,30H,9,12-13H2,1-2H3,(H,27,31)(H,29,32)/t17-,19+/m1/s1. The van der Waals surface area contributed by atoms with Crippen LogP contribution in [0.4, 0.5) is 0 Å². The van der Waals surface area contributed by atoms with Crippen LogP contribution in [-0.2, 0) is 14.8 Å². The lowest BCUT2D eigenvalue weighted by Crippen LogP contribution is -2.49. The number of benzene rings is 2. The first-order chi connectivity index (χ1) is 17.0. The minimum absolute atomic E-state index is 0.0521. The Hall–Kier alpha value is -2.21. The number of hydrogen-bond donors (Lipinski definition) is 4. The van der Waals surface area contributed by atoms with E-state index in [1.807, 2.05) is 38.1 Å². The van der Waals surface area contributed by atoms with Crippen LogP contribution >= 0.6 is 34.5 Å². The molecule has 0 aliphatic rings. The lowest BCUT2D eigenvalue weighted by Gasteiger charge is -2.21. The molecule has 8 nitrogen and oxygen atoms in total. The van der Waals surface area contributed by atoms with Crippen LogP contribution in [0, 0.1) is 5.92 Å². The number of thiophene rings is 1. The van der Waals surface area contributed by atoms with E-state index in [1.165, 1.54) is 29.5 Å². The number of aliphatic hydroxyl groups excluding tert-OH is 1. The van der Waals surface area contributed by atoms with Gasteiger partial charge in [0, 0.05) is 22.8 Å². The number of fused-ring (bicyclic) bond motifs is 1. The summed E-state index contributed by atoms with van der Waals surface area (Å²) in [4.78, 5) is 26.0. The van der Waals surface area contributed by atoms with Gasteiger partial charge in [-0.05, 0) is 48.1 Å². The van der Waals surface area contributed by atoms with Gasteiger partial charge in [0.2, 0.25) is 15.9 Å². The van der Waals surface area contributed by atoms with Crippen molar-refractivity contribution in [3.05, 3.63) is 63.5 Å². The zero-order chi connectivity index (χ0) is 26.5. The van der Waals surface area contributed by atoms with Crippen LogP contribution in [0.1, 0.15) is 29.9 Å². The predicted molar refractivity (Wildman–Crippen MR) is 143 cm³/mol. The number of halogens is 2. The van der Waals surface area contributed by atoms with Gasteiger partial charge in [0.15, 0.2) is 0 Å². The third-order valence-corrected chi connectivity index (χ3v) is 8.44. The van der Waals surface area contributed by atoms with Gasteiger partial charge >= 0.3 is 0 Å². The third kappa shape index (κ3) is 7.64. The molecule has 0 saturated heterocycles. The minimum atomic E-state index is -4.00. The molecule has 12 heteroatoms. The highest BCUT2D eigenvalue weighted by atomic mass is 35.5. The molecule has 194 valence electrons. The molecule has 0 fully saturated rings. The van der Waals surface area contributed by atoms with Crippen molar-refractivity contribution in [1.82, 2.24) is 15.4 Å². The molecule has 1 heterocycles. The maximum Gasteiger partial charge on any atom is 0.262 e. The van der Waals surface area contributed by atoms with E-state index in [1.54, 1.807) is 6.07 Å². The molecule has 4 N–H and O–H groups in total. The van der Waals surface area contributed by atoms with Crippen molar-refractivity contribution in [1.29, 1.82) is 0 Å². The predicted octanol–water partition coefficient (Wildman–Crippen LogP) is 3.81. The summed E-state index contributed by atoms with van der Waals surface area (Å²) in [5.74, 6) is -0.713. The first kappa shape index (κ1) is 28.4. The van der Waals surface area contributed by atoms with E-state index >= 15 is 0 Å². The summed E-state index contributed by atoms with van der Waals surface area (Å²) in [6.07, 6.45) is -0.826. The van der Waals surface area contributed by atoms with E-state index in [4.69, 9.17) is 23.2 Å². The molecule has 36 heavy (non-hydrogen) atoms. The molecule has 3 rings (SSSR count). The summed E-state index contributed by atoms with van der Waals surface area (Å²) in [6.45, 7) is 3.28. The van der Waals surface area contributed by atoms with Crippen molar-refractivity contribution < 1.29 is 23.1 Å². The molecule has 0 aliphatic heterocycles. The molecule has 0 aliphatic carbocycles. The fourth-order valence-corrected chi connectivity index (χ4v) is 6.23. The number of carbonyl (C=O) groups is 2. The molecule has 0 saturated carbocycles. The van der Waals surface area contributed by atoms with Gasteiger partial charge in [-0.25, -0.2) is 13.1 Å². The number of sulfonamides is 1. The van der Waals surface area contributed by atoms with Gasteiger partial charge in [0.05, 0.1) is 16.0 Å². The molecule has 1 aromatic heterocycles. The maximum atomic E-state index is 12.8. The van der Waals surface area contributed by atoms with Gasteiger partial charge in [-0.15, -0.1) is 11.3 Å². The number of aliphatic hydroxyl groups is 1. The molecule has 2 amide bonds. The van der Waals surface area contributed by atoms with Crippen molar-refractivity contribution in [2.24, 2.45) is 5.92 Å². The van der Waals surface area contributed by atoms with Crippen LogP contribution in [0.3, 0.4) is 0 Å². The Balaban J connectivity index is 1.57. The monoisotopic (exact) mass is 571 g/mol. The second-order valence-electron chi connectivity index (χ2n) is 8.63. The largest absolute Gasteiger partial charge is 0.390 e. The topological polar surface area (TPSA) is 125 Å². The Labute approximate surface area is 224 Å². The second kappa shape index (κ2) is 12.4. The van der Waals surface area contributed by atoms with Gasteiger partial charge < -0.3 is 15.7 Å². The lowest BCUT2D eigenvalue weighted by atomic mass is 10.0. The zero-order valence-corrected chi connectivity index (χ0v) is 22.8. The fourth-order valence-electron chi connectivity index (χ4n) is 3.42. The van der Waals surface area contributed by atoms with E-state index < -0.39 is 28.1 Å². The van der Waals surface area contributed by atoms with Crippen LogP contribution < -0.4 is 15.4 Å². The summed E-state index contributed by atoms with van der Waals surface area (Å²) in [5.41, 5.74) is 0. The molecule has 0 radical (unpaired) electrons. The first-order valence-electron chi connectivity index (χ1n) is 11.2. The van der Waals surface area contributed by atoms with Crippen LogP contribution in [0.5, 0.6) is 0 Å². The quantitative estimate of drug-likeness (QED) is 0.278. The zero-order valence-electron chi connectivity index (χ0n) is 19.6. The van der Waals surface area contributed by atoms with Crippen molar-refractivity contribution in [2.45, 2.75) is 37.3 Å². The lowest BCUT2D eigenvalue weighted by molar-refractivity contribution is -0.123. The Morgan fingerprint density at radius 2 is 1.78 bits per heavy atom. The Bertz CT molecular complexity index is 1310. The molecule has 3 aromatic rings. The van der Waals surface area contributed by atoms with Crippen molar-refractivity contribution in [3.8, 4) is 0 Å². The van der Waals surface area contributed by atoms with Crippen LogP contribution in [0.2, 0.25) is 10.0 Å². The smallest absolute Gasteiger partial charge is 0.262 e. The number of nitrogens with one attached hydrogen (secondary N) is 3. The summed E-state index contributed by atoms with van der Waals surface area (Å²) in [6, 6.07) is 12.5. The summed E-state index contributed by atoms with van der Waals surface area (Å²) in [7, 11) is -4.00. The highest BCUT2D eigenvalue weighted by Gasteiger charge is 2.25. The van der Waals surface area contributed by atoms with Crippen LogP contribution in [0.15, 0.2) is 53.4 Å². The highest BCUT2D eigenvalue weighted by molar-refractivity contribution is 7.89. The number of rotatable bonds is 11. The van der Waals surface area contributed by atoms with E-state index in [-0.39, 0.29) is 39.9 Å². The molecule has 2 aromatic carbocycles. The molecule has 0 bridgehead atoms. The van der Waals surface area contributed by atoms with Crippen LogP contribution in [-0.4, -0.2) is 50.6 Å². The molecular weight excluding hydrogens is 545 g/mol. The number of amides is 2. The van der Waals surface area contributed by atoms with Gasteiger partial charge in [-0.3, -0.25) is 9.59 Å². The second-order valence-corrected chi connectivity index (χ2v) is 12.3. The summed E-state index contributed by atoms with van der Waals surface area (Å²) < 4.78 is 28.2. The summed E-state index contributed by atoms with van der Waals surface area (Å²) >= 11 is 13.1. The van der Waals surface area contributed by atoms with E-state index in [0.29, 0.717) is 11.3 Å². The van der Waals surface area contributed by atoms with Crippen molar-refractivity contribution in [2.75, 3.05) is 13.1 Å². The van der Waals surface area contributed by atoms with E-state index in [0.717, 1.165) is 10.1 Å². The van der Waals surface area contributed by atoms with Crippen molar-refractivity contribution >= 4 is 66.5 Å². The third-order valence-electron chi connectivity index (χ3n) is 5.18. The Kier molecular flexibility index (Phi) is 9.73. The van der Waals surface area contributed by atoms with Gasteiger partial charge in [-0.1, -0.05) is 55.2 Å². The first-order valence-corrected chi connectivity index (χ1v) is 14.2. The van der Waals surface area contributed by atoms with Gasteiger partial charge in [0.25, 0.3) is 5.91 Å². The Morgan fingerprint density at radius 3 is 2.44 bits per heavy atom. The van der Waals surface area contributed by atoms with Gasteiger partial charge in [0.1, 0.15) is 10.9 Å². The maximum absolute atomic E-state index is 12.8. The minimum Gasteiger partial charge on any atom is -0.390 e. The average molecular weight is 573 g/mol. The normalized spacial score (nSPS) is 13.5. The highest BCUT2D eigenvalue weighted by Crippen LogP contribution is 2.26. The Morgan fingerprint density at radius 1 is 1.06 bits per heavy atom. The number of hydrogen-bond acceptors (Lipinski definition) is 6. The van der Waals surface area contributed by atoms with E-state index in [9.17, 15) is 23.1 Å². The molecule has 0 spiro atoms. The van der Waals surface area contributed by atoms with E-state index in [2.05, 4.69) is 15.4 Å². The molecule has 0 unspecified atom stereocenters. The molecular formula is C24H27Cl2N3O5S2.